The Labute approximate surface area is 194 Å². The number of ether oxygens (including phenoxy) is 4. The molecule has 0 aliphatic rings. The topological polar surface area (TPSA) is 116 Å². The Morgan fingerprint density at radius 2 is 1.14 bits per heavy atom. The van der Waals surface area contributed by atoms with Gasteiger partial charge in [-0.25, -0.2) is 8.42 Å². The van der Waals surface area contributed by atoms with E-state index in [0.717, 1.165) is 0 Å². The molecular weight excluding hydrogens is 537 g/mol. The van der Waals surface area contributed by atoms with E-state index in [-0.39, 0.29) is 46.2 Å². The van der Waals surface area contributed by atoms with Crippen molar-refractivity contribution in [3.05, 3.63) is 0 Å². The first-order valence-corrected chi connectivity index (χ1v) is 11.0. The number of hydrogen-bond donors (Lipinski definition) is 1. The molecule has 0 aromatic carbocycles. The van der Waals surface area contributed by atoms with E-state index in [1.807, 2.05) is 0 Å². The number of aliphatic hydroxyl groups is 1. The molecule has 210 valence electrons. The van der Waals surface area contributed by atoms with Gasteiger partial charge < -0.3 is 24.1 Å². The summed E-state index contributed by atoms with van der Waals surface area (Å²) in [4.78, 5) is 8.39. The van der Waals surface area contributed by atoms with Crippen molar-refractivity contribution in [2.24, 2.45) is 0 Å². The lowest BCUT2D eigenvalue weighted by Gasteiger charge is -2.35. The highest BCUT2D eigenvalue weighted by molar-refractivity contribution is 7.90. The SMILES string of the molecule is O=S(=O)(N(CCOCCOCC=[OH+])CCOCCOCCO)C(F)(F)C(F)(F)C(F)(F)C(F)(F)F. The fraction of sp³-hybridized carbons (Fsp3) is 0.938. The third-order valence-electron chi connectivity index (χ3n) is 3.92. The summed E-state index contributed by atoms with van der Waals surface area (Å²) in [6.07, 6.45) is -6.56. The summed E-state index contributed by atoms with van der Waals surface area (Å²) in [5.74, 6) is -14.8. The number of carbonyl (C=O) groups excluding carboxylic acids is 1. The van der Waals surface area contributed by atoms with Crippen molar-refractivity contribution in [2.75, 3.05) is 72.6 Å². The van der Waals surface area contributed by atoms with Crippen LogP contribution in [0.1, 0.15) is 0 Å². The average Bonchev–Trinajstić information content (AvgIpc) is 2.75. The second-order valence-corrected chi connectivity index (χ2v) is 8.36. The van der Waals surface area contributed by atoms with Crippen molar-refractivity contribution in [3.8, 4) is 0 Å². The van der Waals surface area contributed by atoms with Crippen LogP contribution in [0.15, 0.2) is 0 Å². The van der Waals surface area contributed by atoms with E-state index in [0.29, 0.717) is 6.29 Å². The summed E-state index contributed by atoms with van der Waals surface area (Å²) in [7, 11) is -6.83. The van der Waals surface area contributed by atoms with E-state index in [1.54, 1.807) is 0 Å². The van der Waals surface area contributed by atoms with Gasteiger partial charge in [0.2, 0.25) is 0 Å². The Hall–Kier alpha value is -1.25. The molecule has 35 heavy (non-hydrogen) atoms. The number of halogens is 9. The molecule has 0 aliphatic heterocycles. The van der Waals surface area contributed by atoms with Gasteiger partial charge in [0.15, 0.2) is 6.61 Å². The Bertz CT molecular complexity index is 722. The van der Waals surface area contributed by atoms with Gasteiger partial charge in [0, 0.05) is 13.1 Å². The second-order valence-electron chi connectivity index (χ2n) is 6.39. The minimum atomic E-state index is -7.39. The van der Waals surface area contributed by atoms with E-state index in [9.17, 15) is 47.9 Å². The van der Waals surface area contributed by atoms with Gasteiger partial charge in [0.25, 0.3) is 10.0 Å². The lowest BCUT2D eigenvalue weighted by atomic mass is 10.1. The van der Waals surface area contributed by atoms with E-state index in [4.69, 9.17) is 28.8 Å². The summed E-state index contributed by atoms with van der Waals surface area (Å²) in [6.45, 7) is -5.46. The maximum Gasteiger partial charge on any atom is 0.460 e. The molecule has 0 fully saturated rings. The van der Waals surface area contributed by atoms with Crippen molar-refractivity contribution >= 4 is 16.3 Å². The molecule has 2 N–H and O–H groups in total. The van der Waals surface area contributed by atoms with Crippen LogP contribution in [0.4, 0.5) is 39.5 Å². The van der Waals surface area contributed by atoms with Crippen LogP contribution in [0, 0.1) is 0 Å². The summed E-state index contributed by atoms with van der Waals surface area (Å²) in [5.41, 5.74) is 0. The van der Waals surface area contributed by atoms with Gasteiger partial charge in [-0.05, 0) is 0 Å². The summed E-state index contributed by atoms with van der Waals surface area (Å²) in [6, 6.07) is 0. The highest BCUT2D eigenvalue weighted by atomic mass is 32.2. The Morgan fingerprint density at radius 3 is 1.54 bits per heavy atom. The lowest BCUT2D eigenvalue weighted by Crippen LogP contribution is -2.65. The van der Waals surface area contributed by atoms with E-state index >= 15 is 0 Å². The maximum absolute atomic E-state index is 14.2. The van der Waals surface area contributed by atoms with Crippen LogP contribution in [0.2, 0.25) is 0 Å². The molecule has 0 amide bonds. The Balaban J connectivity index is 5.53. The number of aldehydes is 1. The molecule has 0 heterocycles. The molecule has 0 spiro atoms. The molecular formula is C16H25F9NO8S+. The van der Waals surface area contributed by atoms with Crippen LogP contribution < -0.4 is 0 Å². The van der Waals surface area contributed by atoms with Crippen LogP contribution in [-0.4, -0.2) is 125 Å². The van der Waals surface area contributed by atoms with Gasteiger partial charge in [-0.1, -0.05) is 0 Å². The van der Waals surface area contributed by atoms with Crippen LogP contribution >= 0.6 is 0 Å². The molecule has 9 nitrogen and oxygen atoms in total. The smallest absolute Gasteiger partial charge is 0.394 e. The third kappa shape index (κ3) is 8.97. The summed E-state index contributed by atoms with van der Waals surface area (Å²) < 4.78 is 162. The van der Waals surface area contributed by atoms with Gasteiger partial charge in [0.1, 0.15) is 0 Å². The largest absolute Gasteiger partial charge is 0.460 e. The quantitative estimate of drug-likeness (QED) is 0.103. The van der Waals surface area contributed by atoms with Gasteiger partial charge >= 0.3 is 29.6 Å². The number of rotatable bonds is 20. The summed E-state index contributed by atoms with van der Waals surface area (Å²) in [5, 5.41) is 1.63. The highest BCUT2D eigenvalue weighted by Crippen LogP contribution is 2.55. The van der Waals surface area contributed by atoms with Crippen molar-refractivity contribution in [1.82, 2.24) is 4.31 Å². The Morgan fingerprint density at radius 1 is 0.714 bits per heavy atom. The molecule has 0 aromatic rings. The fourth-order valence-electron chi connectivity index (χ4n) is 2.11. The zero-order valence-corrected chi connectivity index (χ0v) is 18.8. The normalized spacial score (nSPS) is 14.0. The molecule has 0 saturated heterocycles. The first kappa shape index (κ1) is 33.8. The van der Waals surface area contributed by atoms with E-state index in [2.05, 4.69) is 0 Å². The molecule has 0 rings (SSSR count). The maximum atomic E-state index is 14.2. The monoisotopic (exact) mass is 562 g/mol. The molecule has 0 saturated carbocycles. The van der Waals surface area contributed by atoms with Gasteiger partial charge in [-0.15, -0.1) is 0 Å². The van der Waals surface area contributed by atoms with Crippen LogP contribution in [0.25, 0.3) is 0 Å². The number of aliphatic hydroxyl groups excluding tert-OH is 1. The molecule has 0 aliphatic carbocycles. The van der Waals surface area contributed by atoms with Crippen molar-refractivity contribution in [3.63, 3.8) is 0 Å². The zero-order valence-electron chi connectivity index (χ0n) is 18.0. The predicted octanol–water partition coefficient (Wildman–Crippen LogP) is 1.28. The lowest BCUT2D eigenvalue weighted by molar-refractivity contribution is -0.382. The van der Waals surface area contributed by atoms with Crippen LogP contribution in [0.3, 0.4) is 0 Å². The zero-order chi connectivity index (χ0) is 27.4. The van der Waals surface area contributed by atoms with E-state index < -0.39 is 63.9 Å². The van der Waals surface area contributed by atoms with Crippen LogP contribution in [-0.2, 0) is 29.0 Å². The van der Waals surface area contributed by atoms with Crippen molar-refractivity contribution in [1.29, 1.82) is 0 Å². The standard InChI is InChI=1S/C16H24F9NO8S/c17-13(18,15(21,22)23)14(19,20)16(24,25)35(29,30)26(1-5-31-9-11-33-7-3-27)2-6-32-10-12-34-8-4-28/h3,28H,1-2,4-12H2/p+1. The van der Waals surface area contributed by atoms with Gasteiger partial charge in [-0.2, -0.15) is 43.8 Å². The molecule has 0 aromatic heterocycles. The van der Waals surface area contributed by atoms with Crippen LogP contribution in [0.5, 0.6) is 0 Å². The third-order valence-corrected chi connectivity index (χ3v) is 5.87. The molecule has 19 heteroatoms. The summed E-state index contributed by atoms with van der Waals surface area (Å²) >= 11 is 0. The first-order chi connectivity index (χ1) is 16.0. The number of alkyl halides is 9. The average molecular weight is 562 g/mol. The highest BCUT2D eigenvalue weighted by Gasteiger charge is 2.85. The molecule has 0 atom stereocenters. The molecule has 0 radical (unpaired) electrons. The minimum absolute atomic E-state index is 0.101. The number of nitrogens with zero attached hydrogens (tertiary/aromatic N) is 1. The minimum Gasteiger partial charge on any atom is -0.394 e. The molecule has 0 bridgehead atoms. The molecule has 0 unspecified atom stereocenters. The number of hydrogen-bond acceptors (Lipinski definition) is 7. The predicted molar refractivity (Wildman–Crippen MR) is 99.8 cm³/mol. The second kappa shape index (κ2) is 14.5. The Kier molecular flexibility index (Phi) is 14.0. The van der Waals surface area contributed by atoms with Crippen molar-refractivity contribution < 1.29 is 76.8 Å². The van der Waals surface area contributed by atoms with Crippen molar-refractivity contribution in [2.45, 2.75) is 23.3 Å². The fourth-order valence-corrected chi connectivity index (χ4v) is 3.52. The van der Waals surface area contributed by atoms with Gasteiger partial charge in [-0.3, -0.25) is 4.79 Å². The number of sulfonamides is 1. The first-order valence-electron chi connectivity index (χ1n) is 9.60. The van der Waals surface area contributed by atoms with E-state index in [1.165, 1.54) is 0 Å². The van der Waals surface area contributed by atoms with Gasteiger partial charge in [0.05, 0.1) is 52.9 Å².